The van der Waals surface area contributed by atoms with Gasteiger partial charge in [-0.3, -0.25) is 24.2 Å². The molecule has 2 saturated heterocycles. The molecule has 41 heavy (non-hydrogen) atoms. The Balaban J connectivity index is 1.23. The lowest BCUT2D eigenvalue weighted by Crippen LogP contribution is -2.78. The maximum Gasteiger partial charge on any atom is 0.308 e. The van der Waals surface area contributed by atoms with Crippen molar-refractivity contribution < 1.29 is 29.0 Å². The summed E-state index contributed by atoms with van der Waals surface area (Å²) < 4.78 is 12.4. The highest BCUT2D eigenvalue weighted by Gasteiger charge is 2.74. The smallest absolute Gasteiger partial charge is 0.308 e. The highest BCUT2D eigenvalue weighted by Crippen LogP contribution is 2.66. The van der Waals surface area contributed by atoms with Crippen LogP contribution in [0.25, 0.3) is 6.08 Å². The minimum absolute atomic E-state index is 0.0445. The molecule has 8 nitrogen and oxygen atoms in total. The Labute approximate surface area is 238 Å². The van der Waals surface area contributed by atoms with E-state index in [1.54, 1.807) is 12.1 Å². The second kappa shape index (κ2) is 8.76. The van der Waals surface area contributed by atoms with Gasteiger partial charge in [-0.15, -0.1) is 0 Å². The zero-order valence-electron chi connectivity index (χ0n) is 23.2. The topological polar surface area (TPSA) is 96.4 Å². The number of hydrogen-bond donors (Lipinski definition) is 1. The molecule has 2 bridgehead atoms. The number of likely N-dealkylation sites (tertiary alicyclic amines) is 2. The second-order valence-corrected chi connectivity index (χ2v) is 12.8. The van der Waals surface area contributed by atoms with Crippen LogP contribution in [-0.2, 0) is 26.2 Å². The Morgan fingerprint density at radius 3 is 2.68 bits per heavy atom. The van der Waals surface area contributed by atoms with Gasteiger partial charge in [0, 0.05) is 30.6 Å². The number of nitrogens with zero attached hydrogens (tertiary/aromatic N) is 2. The number of ether oxygens (including phenoxy) is 2. The summed E-state index contributed by atoms with van der Waals surface area (Å²) in [4.78, 5) is 43.3. The Morgan fingerprint density at radius 1 is 1.12 bits per heavy atom. The van der Waals surface area contributed by atoms with Crippen LogP contribution in [0.2, 0.25) is 0 Å². The molecule has 3 aliphatic heterocycles. The molecule has 2 aromatic rings. The summed E-state index contributed by atoms with van der Waals surface area (Å²) in [6.45, 7) is 3.16. The standard InChI is InChI=1S/C33H34N2O6/c1-19(36)40-25-10-9-22-16-26-33(39)12-11-24(35-27(37)17-23(31(35)38)15-20-5-3-2-4-6-20)30-32(33,28(22)29(25)41-30)13-14-34(26)18-21-7-8-21/h2-6,9-10,15,21,24,26,30,39H,7-8,11-14,16-18H2,1H3/t24-,26-,30+,32+,33-/m1/s1. The highest BCUT2D eigenvalue weighted by atomic mass is 16.6. The van der Waals surface area contributed by atoms with Gasteiger partial charge in [0.15, 0.2) is 11.5 Å². The minimum Gasteiger partial charge on any atom is -0.483 e. The average molecular weight is 555 g/mol. The molecule has 3 heterocycles. The summed E-state index contributed by atoms with van der Waals surface area (Å²) >= 11 is 0. The normalized spacial score (nSPS) is 34.5. The van der Waals surface area contributed by atoms with E-state index < -0.39 is 29.1 Å². The number of esters is 1. The van der Waals surface area contributed by atoms with Gasteiger partial charge < -0.3 is 14.6 Å². The molecule has 8 rings (SSSR count). The zero-order valence-corrected chi connectivity index (χ0v) is 23.2. The van der Waals surface area contributed by atoms with Crippen molar-refractivity contribution in [1.82, 2.24) is 9.80 Å². The predicted octanol–water partition coefficient (Wildman–Crippen LogP) is 3.39. The third-order valence-corrected chi connectivity index (χ3v) is 10.5. The first-order valence-electron chi connectivity index (χ1n) is 14.9. The van der Waals surface area contributed by atoms with Crippen LogP contribution in [0, 0.1) is 5.92 Å². The monoisotopic (exact) mass is 554 g/mol. The molecule has 2 amide bonds. The first kappa shape index (κ1) is 25.2. The molecule has 5 atom stereocenters. The predicted molar refractivity (Wildman–Crippen MR) is 149 cm³/mol. The van der Waals surface area contributed by atoms with Crippen LogP contribution in [0.3, 0.4) is 0 Å². The number of aliphatic hydroxyl groups is 1. The van der Waals surface area contributed by atoms with Crippen LogP contribution in [-0.4, -0.2) is 69.6 Å². The number of carbonyl (C=O) groups excluding carboxylic acids is 3. The van der Waals surface area contributed by atoms with Crippen molar-refractivity contribution in [2.75, 3.05) is 13.1 Å². The lowest BCUT2D eigenvalue weighted by Gasteiger charge is -2.64. The fourth-order valence-corrected chi connectivity index (χ4v) is 8.73. The molecule has 3 aliphatic carbocycles. The fourth-order valence-electron chi connectivity index (χ4n) is 8.73. The van der Waals surface area contributed by atoms with Crippen molar-refractivity contribution in [3.63, 3.8) is 0 Å². The summed E-state index contributed by atoms with van der Waals surface area (Å²) in [6.07, 6.45) is 5.97. The van der Waals surface area contributed by atoms with Crippen molar-refractivity contribution in [1.29, 1.82) is 0 Å². The first-order chi connectivity index (χ1) is 19.8. The van der Waals surface area contributed by atoms with Gasteiger partial charge in [0.05, 0.1) is 23.5 Å². The third-order valence-electron chi connectivity index (χ3n) is 10.5. The van der Waals surface area contributed by atoms with E-state index in [9.17, 15) is 19.5 Å². The molecule has 8 heteroatoms. The van der Waals surface area contributed by atoms with Crippen molar-refractivity contribution in [2.24, 2.45) is 5.92 Å². The van der Waals surface area contributed by atoms with Crippen LogP contribution < -0.4 is 9.47 Å². The number of piperidine rings is 1. The van der Waals surface area contributed by atoms with Gasteiger partial charge in [0.2, 0.25) is 5.91 Å². The second-order valence-electron chi connectivity index (χ2n) is 12.8. The van der Waals surface area contributed by atoms with E-state index in [2.05, 4.69) is 4.90 Å². The van der Waals surface area contributed by atoms with Crippen LogP contribution in [0.1, 0.15) is 62.1 Å². The van der Waals surface area contributed by atoms with Crippen molar-refractivity contribution in [3.8, 4) is 11.5 Å². The van der Waals surface area contributed by atoms with E-state index in [0.29, 0.717) is 48.7 Å². The SMILES string of the molecule is CC(=O)Oc1ccc2c3c1O[C@H]1[C@H](N4C(=O)CC(=Cc5ccccc5)C4=O)CC[C@@]4(O)[C@@H](C2)N(CC2CC2)CC[C@]314. The molecule has 1 spiro atoms. The molecule has 2 saturated carbocycles. The summed E-state index contributed by atoms with van der Waals surface area (Å²) in [5.74, 6) is 0.548. The van der Waals surface area contributed by atoms with Crippen LogP contribution in [0.15, 0.2) is 48.0 Å². The largest absolute Gasteiger partial charge is 0.483 e. The van der Waals surface area contributed by atoms with Gasteiger partial charge in [-0.1, -0.05) is 36.4 Å². The summed E-state index contributed by atoms with van der Waals surface area (Å²) in [5, 5.41) is 12.8. The molecule has 0 aromatic heterocycles. The lowest BCUT2D eigenvalue weighted by molar-refractivity contribution is -0.201. The molecular weight excluding hydrogens is 520 g/mol. The van der Waals surface area contributed by atoms with Gasteiger partial charge in [0.25, 0.3) is 5.91 Å². The Hall–Kier alpha value is -3.49. The van der Waals surface area contributed by atoms with E-state index in [1.807, 2.05) is 36.4 Å². The maximum absolute atomic E-state index is 13.8. The van der Waals surface area contributed by atoms with Gasteiger partial charge in [-0.05, 0) is 74.3 Å². The minimum atomic E-state index is -1.08. The van der Waals surface area contributed by atoms with Gasteiger partial charge >= 0.3 is 5.97 Å². The molecule has 2 aromatic carbocycles. The number of imide groups is 1. The molecule has 0 radical (unpaired) electrons. The van der Waals surface area contributed by atoms with Crippen molar-refractivity contribution in [2.45, 2.75) is 81.1 Å². The summed E-state index contributed by atoms with van der Waals surface area (Å²) in [5.41, 5.74) is 1.47. The fraction of sp³-hybridized carbons (Fsp3) is 0.485. The van der Waals surface area contributed by atoms with E-state index in [4.69, 9.17) is 9.47 Å². The Kier molecular flexibility index (Phi) is 5.39. The van der Waals surface area contributed by atoms with Crippen LogP contribution in [0.4, 0.5) is 0 Å². The molecular formula is C33H34N2O6. The zero-order chi connectivity index (χ0) is 28.1. The average Bonchev–Trinajstić information content (AvgIpc) is 3.63. The number of carbonyl (C=O) groups is 3. The lowest BCUT2D eigenvalue weighted by atomic mass is 9.48. The van der Waals surface area contributed by atoms with Crippen molar-refractivity contribution >= 4 is 23.9 Å². The maximum atomic E-state index is 13.8. The quantitative estimate of drug-likeness (QED) is 0.262. The number of hydrogen-bond acceptors (Lipinski definition) is 7. The van der Waals surface area contributed by atoms with Crippen LogP contribution in [0.5, 0.6) is 11.5 Å². The number of amides is 2. The highest BCUT2D eigenvalue weighted by molar-refractivity contribution is 6.16. The van der Waals surface area contributed by atoms with Gasteiger partial charge in [0.1, 0.15) is 6.10 Å². The van der Waals surface area contributed by atoms with Crippen molar-refractivity contribution in [3.05, 3.63) is 64.7 Å². The number of rotatable bonds is 5. The Bertz CT molecular complexity index is 1520. The van der Waals surface area contributed by atoms with Gasteiger partial charge in [-0.2, -0.15) is 0 Å². The molecule has 212 valence electrons. The molecule has 0 unspecified atom stereocenters. The number of benzene rings is 2. The third kappa shape index (κ3) is 3.50. The summed E-state index contributed by atoms with van der Waals surface area (Å²) in [7, 11) is 0. The van der Waals surface area contributed by atoms with E-state index >= 15 is 0 Å². The van der Waals surface area contributed by atoms with E-state index in [1.165, 1.54) is 24.7 Å². The molecule has 6 aliphatic rings. The molecule has 4 fully saturated rings. The van der Waals surface area contributed by atoms with Gasteiger partial charge in [-0.25, -0.2) is 0 Å². The van der Waals surface area contributed by atoms with E-state index in [0.717, 1.165) is 29.8 Å². The van der Waals surface area contributed by atoms with Crippen LogP contribution >= 0.6 is 0 Å². The first-order valence-corrected chi connectivity index (χ1v) is 14.9. The van der Waals surface area contributed by atoms with E-state index in [-0.39, 0.29) is 24.3 Å². The Morgan fingerprint density at radius 2 is 1.93 bits per heavy atom. The summed E-state index contributed by atoms with van der Waals surface area (Å²) in [6, 6.07) is 12.8. The molecule has 1 N–H and O–H groups in total.